The molecular formula is C14H16ClN3O3. The maximum atomic E-state index is 11.9. The molecule has 0 aliphatic rings. The van der Waals surface area contributed by atoms with Crippen LogP contribution in [0.15, 0.2) is 34.9 Å². The number of hydrogen-bond donors (Lipinski definition) is 3. The SMILES string of the molecule is NC(CO)c1nc(C(=O)NCCc2ccccc2Cl)co1. The Kier molecular flexibility index (Phi) is 5.32. The van der Waals surface area contributed by atoms with Crippen LogP contribution in [0.2, 0.25) is 5.02 Å². The van der Waals surface area contributed by atoms with E-state index in [1.807, 2.05) is 18.2 Å². The molecule has 1 heterocycles. The highest BCUT2D eigenvalue weighted by Gasteiger charge is 2.16. The second kappa shape index (κ2) is 7.21. The second-order valence-electron chi connectivity index (χ2n) is 4.46. The Hall–Kier alpha value is -1.89. The summed E-state index contributed by atoms with van der Waals surface area (Å²) in [6.45, 7) is 0.130. The number of rotatable bonds is 6. The zero-order chi connectivity index (χ0) is 15.2. The number of nitrogens with one attached hydrogen (secondary N) is 1. The van der Waals surface area contributed by atoms with E-state index in [9.17, 15) is 4.79 Å². The van der Waals surface area contributed by atoms with Gasteiger partial charge >= 0.3 is 0 Å². The number of amides is 1. The van der Waals surface area contributed by atoms with Gasteiger partial charge in [0.05, 0.1) is 6.61 Å². The average molecular weight is 310 g/mol. The molecule has 1 atom stereocenters. The van der Waals surface area contributed by atoms with Crippen LogP contribution in [0.1, 0.15) is 28.0 Å². The lowest BCUT2D eigenvalue weighted by Gasteiger charge is -2.05. The van der Waals surface area contributed by atoms with Gasteiger partial charge < -0.3 is 20.6 Å². The highest BCUT2D eigenvalue weighted by Crippen LogP contribution is 2.15. The molecule has 0 bridgehead atoms. The first-order chi connectivity index (χ1) is 10.1. The summed E-state index contributed by atoms with van der Waals surface area (Å²) in [5.74, 6) is -0.226. The maximum absolute atomic E-state index is 11.9. The summed E-state index contributed by atoms with van der Waals surface area (Å²) in [4.78, 5) is 15.8. The minimum atomic E-state index is -0.727. The molecule has 1 aromatic carbocycles. The van der Waals surface area contributed by atoms with Crippen molar-refractivity contribution in [3.05, 3.63) is 52.7 Å². The van der Waals surface area contributed by atoms with E-state index in [2.05, 4.69) is 10.3 Å². The summed E-state index contributed by atoms with van der Waals surface area (Å²) in [5, 5.41) is 12.3. The van der Waals surface area contributed by atoms with Crippen molar-refractivity contribution in [1.29, 1.82) is 0 Å². The quantitative estimate of drug-likeness (QED) is 0.746. The number of aliphatic hydroxyl groups is 1. The monoisotopic (exact) mass is 309 g/mol. The Balaban J connectivity index is 1.87. The molecule has 112 valence electrons. The van der Waals surface area contributed by atoms with Gasteiger partial charge in [-0.15, -0.1) is 0 Å². The summed E-state index contributed by atoms with van der Waals surface area (Å²) >= 11 is 6.03. The van der Waals surface area contributed by atoms with Crippen LogP contribution in [0.25, 0.3) is 0 Å². The molecule has 7 heteroatoms. The second-order valence-corrected chi connectivity index (χ2v) is 4.86. The van der Waals surface area contributed by atoms with Gasteiger partial charge in [0.15, 0.2) is 5.69 Å². The first kappa shape index (κ1) is 15.5. The Morgan fingerprint density at radius 2 is 2.24 bits per heavy atom. The van der Waals surface area contributed by atoms with E-state index in [4.69, 9.17) is 26.9 Å². The summed E-state index contributed by atoms with van der Waals surface area (Å²) in [6.07, 6.45) is 1.84. The van der Waals surface area contributed by atoms with E-state index >= 15 is 0 Å². The zero-order valence-corrected chi connectivity index (χ0v) is 12.0. The lowest BCUT2D eigenvalue weighted by Crippen LogP contribution is -2.26. The third-order valence-corrected chi connectivity index (χ3v) is 3.27. The van der Waals surface area contributed by atoms with Crippen LogP contribution < -0.4 is 11.1 Å². The molecule has 0 radical (unpaired) electrons. The molecule has 2 rings (SSSR count). The number of halogens is 1. The number of carbonyl (C=O) groups excluding carboxylic acids is 1. The Labute approximate surface area is 126 Å². The van der Waals surface area contributed by atoms with Crippen LogP contribution in [0.5, 0.6) is 0 Å². The van der Waals surface area contributed by atoms with E-state index in [0.29, 0.717) is 18.0 Å². The lowest BCUT2D eigenvalue weighted by atomic mass is 10.1. The van der Waals surface area contributed by atoms with Crippen LogP contribution in [-0.4, -0.2) is 29.1 Å². The minimum absolute atomic E-state index is 0.132. The molecule has 0 fully saturated rings. The van der Waals surface area contributed by atoms with Crippen molar-refractivity contribution in [2.75, 3.05) is 13.2 Å². The third-order valence-electron chi connectivity index (χ3n) is 2.91. The van der Waals surface area contributed by atoms with Crippen molar-refractivity contribution in [1.82, 2.24) is 10.3 Å². The number of carbonyl (C=O) groups is 1. The molecule has 6 nitrogen and oxygen atoms in total. The van der Waals surface area contributed by atoms with Crippen molar-refractivity contribution in [3.8, 4) is 0 Å². The molecule has 0 aliphatic carbocycles. The van der Waals surface area contributed by atoms with Crippen molar-refractivity contribution in [2.24, 2.45) is 5.73 Å². The van der Waals surface area contributed by atoms with Crippen molar-refractivity contribution in [2.45, 2.75) is 12.5 Å². The number of oxazole rings is 1. The molecule has 0 spiro atoms. The largest absolute Gasteiger partial charge is 0.446 e. The molecule has 21 heavy (non-hydrogen) atoms. The summed E-state index contributed by atoms with van der Waals surface area (Å²) in [6, 6.07) is 6.73. The van der Waals surface area contributed by atoms with Gasteiger partial charge in [-0.3, -0.25) is 4.79 Å². The predicted molar refractivity (Wildman–Crippen MR) is 78.0 cm³/mol. The van der Waals surface area contributed by atoms with E-state index in [1.165, 1.54) is 6.26 Å². The predicted octanol–water partition coefficient (Wildman–Crippen LogP) is 1.29. The molecule has 1 aromatic heterocycles. The van der Waals surface area contributed by atoms with Crippen LogP contribution in [0.3, 0.4) is 0 Å². The third kappa shape index (κ3) is 4.04. The van der Waals surface area contributed by atoms with Gasteiger partial charge in [-0.1, -0.05) is 29.8 Å². The Morgan fingerprint density at radius 1 is 1.48 bits per heavy atom. The van der Waals surface area contributed by atoms with E-state index in [-0.39, 0.29) is 24.1 Å². The van der Waals surface area contributed by atoms with Crippen molar-refractivity contribution < 1.29 is 14.3 Å². The van der Waals surface area contributed by atoms with Gasteiger partial charge in [0.25, 0.3) is 5.91 Å². The normalized spacial score (nSPS) is 12.1. The Morgan fingerprint density at radius 3 is 2.95 bits per heavy atom. The summed E-state index contributed by atoms with van der Waals surface area (Å²) < 4.78 is 5.04. The first-order valence-corrected chi connectivity index (χ1v) is 6.83. The highest BCUT2D eigenvalue weighted by atomic mass is 35.5. The Bertz CT molecular complexity index is 615. The molecule has 2 aromatic rings. The van der Waals surface area contributed by atoms with Crippen LogP contribution in [-0.2, 0) is 6.42 Å². The lowest BCUT2D eigenvalue weighted by molar-refractivity contribution is 0.0949. The fourth-order valence-electron chi connectivity index (χ4n) is 1.74. The molecular weight excluding hydrogens is 294 g/mol. The van der Waals surface area contributed by atoms with E-state index < -0.39 is 6.04 Å². The molecule has 4 N–H and O–H groups in total. The molecule has 0 saturated carbocycles. The average Bonchev–Trinajstić information content (AvgIpc) is 2.98. The van der Waals surface area contributed by atoms with Gasteiger partial charge in [0.2, 0.25) is 5.89 Å². The number of nitrogens with zero attached hydrogens (tertiary/aromatic N) is 1. The number of hydrogen-bond acceptors (Lipinski definition) is 5. The van der Waals surface area contributed by atoms with Crippen LogP contribution >= 0.6 is 11.6 Å². The van der Waals surface area contributed by atoms with Crippen LogP contribution in [0.4, 0.5) is 0 Å². The fraction of sp³-hybridized carbons (Fsp3) is 0.286. The zero-order valence-electron chi connectivity index (χ0n) is 11.3. The molecule has 1 unspecified atom stereocenters. The summed E-state index contributed by atoms with van der Waals surface area (Å²) in [7, 11) is 0. The van der Waals surface area contributed by atoms with Gasteiger partial charge in [-0.05, 0) is 18.1 Å². The van der Waals surface area contributed by atoms with Gasteiger partial charge in [-0.25, -0.2) is 4.98 Å². The number of aliphatic hydroxyl groups excluding tert-OH is 1. The smallest absolute Gasteiger partial charge is 0.273 e. The van der Waals surface area contributed by atoms with Crippen molar-refractivity contribution >= 4 is 17.5 Å². The topological polar surface area (TPSA) is 101 Å². The van der Waals surface area contributed by atoms with E-state index in [1.54, 1.807) is 6.07 Å². The maximum Gasteiger partial charge on any atom is 0.273 e. The highest BCUT2D eigenvalue weighted by molar-refractivity contribution is 6.31. The number of aromatic nitrogens is 1. The van der Waals surface area contributed by atoms with Gasteiger partial charge in [0.1, 0.15) is 12.3 Å². The minimum Gasteiger partial charge on any atom is -0.446 e. The van der Waals surface area contributed by atoms with Crippen molar-refractivity contribution in [3.63, 3.8) is 0 Å². The van der Waals surface area contributed by atoms with Gasteiger partial charge in [0, 0.05) is 11.6 Å². The standard InChI is InChI=1S/C14H16ClN3O3/c15-10-4-2-1-3-9(10)5-6-17-13(20)12-8-21-14(18-12)11(16)7-19/h1-4,8,11,19H,5-7,16H2,(H,17,20). The number of nitrogens with two attached hydrogens (primary N) is 1. The summed E-state index contributed by atoms with van der Waals surface area (Å²) in [5.41, 5.74) is 6.64. The van der Waals surface area contributed by atoms with Crippen LogP contribution in [0, 0.1) is 0 Å². The molecule has 1 amide bonds. The van der Waals surface area contributed by atoms with E-state index in [0.717, 1.165) is 5.56 Å². The molecule has 0 aliphatic heterocycles. The first-order valence-electron chi connectivity index (χ1n) is 6.45. The molecule has 0 saturated heterocycles. The number of benzene rings is 1. The fourth-order valence-corrected chi connectivity index (χ4v) is 1.97. The van der Waals surface area contributed by atoms with Gasteiger partial charge in [-0.2, -0.15) is 0 Å².